The Morgan fingerprint density at radius 2 is 1.74 bits per heavy atom. The molecule has 2 aromatic rings. The lowest BCUT2D eigenvalue weighted by molar-refractivity contribution is -0.119. The first kappa shape index (κ1) is 17.5. The predicted octanol–water partition coefficient (Wildman–Crippen LogP) is 2.78. The number of fused-ring (bicyclic) bond motifs is 1. The summed E-state index contributed by atoms with van der Waals surface area (Å²) in [5, 5.41) is 15.7. The third-order valence-corrected chi connectivity index (χ3v) is 5.23. The second-order valence-electron chi connectivity index (χ2n) is 7.18. The van der Waals surface area contributed by atoms with Gasteiger partial charge in [0.15, 0.2) is 0 Å². The summed E-state index contributed by atoms with van der Waals surface area (Å²) in [5.74, 6) is -0.271. The lowest BCUT2D eigenvalue weighted by Crippen LogP contribution is -2.45. The van der Waals surface area contributed by atoms with E-state index in [0.29, 0.717) is 5.69 Å². The minimum atomic E-state index is -0.706. The highest BCUT2D eigenvalue weighted by Crippen LogP contribution is 2.26. The summed E-state index contributed by atoms with van der Waals surface area (Å²) >= 11 is 0. The van der Waals surface area contributed by atoms with Crippen LogP contribution in [-0.4, -0.2) is 40.6 Å². The first-order valence-electron chi connectivity index (χ1n) is 9.33. The van der Waals surface area contributed by atoms with Gasteiger partial charge in [0.1, 0.15) is 6.04 Å². The molecule has 6 nitrogen and oxygen atoms in total. The van der Waals surface area contributed by atoms with E-state index in [-0.39, 0.29) is 24.9 Å². The van der Waals surface area contributed by atoms with E-state index in [1.54, 1.807) is 12.1 Å². The fourth-order valence-corrected chi connectivity index (χ4v) is 3.88. The van der Waals surface area contributed by atoms with Crippen molar-refractivity contribution >= 4 is 23.3 Å². The van der Waals surface area contributed by atoms with Gasteiger partial charge in [-0.3, -0.25) is 4.79 Å². The number of para-hydroxylation sites is 1. The zero-order valence-electron chi connectivity index (χ0n) is 15.0. The number of carbonyl (C=O) groups excluding carboxylic acids is 2. The van der Waals surface area contributed by atoms with Crippen LogP contribution >= 0.6 is 0 Å². The van der Waals surface area contributed by atoms with E-state index < -0.39 is 12.1 Å². The zero-order chi connectivity index (χ0) is 18.8. The first-order chi connectivity index (χ1) is 13.1. The minimum Gasteiger partial charge on any atom is -0.391 e. The van der Waals surface area contributed by atoms with Crippen molar-refractivity contribution in [3.63, 3.8) is 0 Å². The van der Waals surface area contributed by atoms with Crippen LogP contribution in [0.2, 0.25) is 0 Å². The number of rotatable bonds is 3. The molecular weight excluding hydrogens is 342 g/mol. The van der Waals surface area contributed by atoms with Crippen molar-refractivity contribution in [1.29, 1.82) is 0 Å². The van der Waals surface area contributed by atoms with Crippen LogP contribution in [-0.2, 0) is 17.6 Å². The molecule has 4 rings (SSSR count). The Labute approximate surface area is 158 Å². The lowest BCUT2D eigenvalue weighted by Gasteiger charge is -2.24. The quantitative estimate of drug-likeness (QED) is 0.782. The highest BCUT2D eigenvalue weighted by atomic mass is 16.3. The van der Waals surface area contributed by atoms with Gasteiger partial charge in [-0.25, -0.2) is 4.79 Å². The van der Waals surface area contributed by atoms with Crippen molar-refractivity contribution in [2.24, 2.45) is 0 Å². The van der Waals surface area contributed by atoms with Gasteiger partial charge in [-0.1, -0.05) is 24.3 Å². The molecule has 1 fully saturated rings. The summed E-state index contributed by atoms with van der Waals surface area (Å²) in [4.78, 5) is 26.8. The smallest absolute Gasteiger partial charge is 0.322 e. The van der Waals surface area contributed by atoms with Gasteiger partial charge in [0.25, 0.3) is 0 Å². The number of nitrogens with zero attached hydrogens (tertiary/aromatic N) is 1. The number of benzene rings is 2. The number of nitrogens with one attached hydrogen (secondary N) is 2. The van der Waals surface area contributed by atoms with Gasteiger partial charge >= 0.3 is 6.03 Å². The molecule has 0 bridgehead atoms. The van der Waals surface area contributed by atoms with Crippen LogP contribution in [0.5, 0.6) is 0 Å². The van der Waals surface area contributed by atoms with Crippen LogP contribution in [0.25, 0.3) is 0 Å². The van der Waals surface area contributed by atoms with E-state index in [4.69, 9.17) is 0 Å². The average molecular weight is 365 g/mol. The molecule has 2 aromatic carbocycles. The van der Waals surface area contributed by atoms with Crippen LogP contribution in [0.15, 0.2) is 48.5 Å². The highest BCUT2D eigenvalue weighted by molar-refractivity contribution is 5.99. The van der Waals surface area contributed by atoms with Crippen LogP contribution in [0.1, 0.15) is 24.0 Å². The van der Waals surface area contributed by atoms with Crippen molar-refractivity contribution in [2.75, 3.05) is 17.2 Å². The molecule has 0 unspecified atom stereocenters. The third-order valence-electron chi connectivity index (χ3n) is 5.23. The number of aliphatic hydroxyl groups excluding tert-OH is 1. The number of carbonyl (C=O) groups is 2. The molecule has 0 aromatic heterocycles. The molecule has 0 radical (unpaired) electrons. The number of anilines is 2. The SMILES string of the molecule is O=C(Nc1ccc2c(c1)CCC2)[C@H]1C[C@@H](O)CN1C(=O)Nc1ccccc1. The topological polar surface area (TPSA) is 81.7 Å². The fraction of sp³-hybridized carbons (Fsp3) is 0.333. The zero-order valence-corrected chi connectivity index (χ0v) is 15.0. The van der Waals surface area contributed by atoms with Crippen LogP contribution in [0.3, 0.4) is 0 Å². The average Bonchev–Trinajstić information content (AvgIpc) is 3.28. The maximum Gasteiger partial charge on any atom is 0.322 e. The molecule has 6 heteroatoms. The Morgan fingerprint density at radius 1 is 0.963 bits per heavy atom. The molecule has 0 saturated carbocycles. The van der Waals surface area contributed by atoms with E-state index in [1.807, 2.05) is 30.3 Å². The van der Waals surface area contributed by atoms with Gasteiger partial charge in [-0.2, -0.15) is 0 Å². The molecule has 1 aliphatic carbocycles. The normalized spacial score (nSPS) is 21.0. The monoisotopic (exact) mass is 365 g/mol. The molecule has 1 aliphatic heterocycles. The van der Waals surface area contributed by atoms with E-state index in [0.717, 1.165) is 24.9 Å². The third kappa shape index (κ3) is 3.80. The summed E-state index contributed by atoms with van der Waals surface area (Å²) in [5.41, 5.74) is 4.01. The Kier molecular flexibility index (Phi) is 4.81. The Morgan fingerprint density at radius 3 is 2.56 bits per heavy atom. The van der Waals surface area contributed by atoms with E-state index in [9.17, 15) is 14.7 Å². The van der Waals surface area contributed by atoms with E-state index in [2.05, 4.69) is 16.7 Å². The van der Waals surface area contributed by atoms with Gasteiger partial charge in [-0.15, -0.1) is 0 Å². The number of aliphatic hydroxyl groups is 1. The Hall–Kier alpha value is -2.86. The molecule has 140 valence electrons. The van der Waals surface area contributed by atoms with Gasteiger partial charge in [0.2, 0.25) is 5.91 Å². The molecule has 3 N–H and O–H groups in total. The van der Waals surface area contributed by atoms with Crippen molar-refractivity contribution < 1.29 is 14.7 Å². The minimum absolute atomic E-state index is 0.140. The van der Waals surface area contributed by atoms with Gasteiger partial charge in [-0.05, 0) is 54.7 Å². The van der Waals surface area contributed by atoms with Gasteiger partial charge < -0.3 is 20.6 Å². The number of aryl methyl sites for hydroxylation is 2. The number of likely N-dealkylation sites (tertiary alicyclic amines) is 1. The fourth-order valence-electron chi connectivity index (χ4n) is 3.88. The maximum absolute atomic E-state index is 12.8. The van der Waals surface area contributed by atoms with Gasteiger partial charge in [0, 0.05) is 24.3 Å². The molecule has 0 spiro atoms. The summed E-state index contributed by atoms with van der Waals surface area (Å²) in [6.07, 6.45) is 2.80. The van der Waals surface area contributed by atoms with Crippen LogP contribution < -0.4 is 10.6 Å². The summed E-state index contributed by atoms with van der Waals surface area (Å²) in [7, 11) is 0. The van der Waals surface area contributed by atoms with Crippen molar-refractivity contribution in [2.45, 2.75) is 37.8 Å². The number of hydrogen-bond acceptors (Lipinski definition) is 3. The molecule has 3 amide bonds. The summed E-state index contributed by atoms with van der Waals surface area (Å²) in [6.45, 7) is 0.140. The summed E-state index contributed by atoms with van der Waals surface area (Å²) < 4.78 is 0. The predicted molar refractivity (Wildman–Crippen MR) is 104 cm³/mol. The van der Waals surface area contributed by atoms with Crippen LogP contribution in [0.4, 0.5) is 16.2 Å². The second kappa shape index (κ2) is 7.40. The number of β-amino-alcohol motifs (C(OH)–C–C–N with tert-alkyl or cyclic N) is 1. The maximum atomic E-state index is 12.8. The summed E-state index contributed by atoms with van der Waals surface area (Å²) in [6, 6.07) is 14.0. The van der Waals surface area contributed by atoms with Crippen molar-refractivity contribution in [3.8, 4) is 0 Å². The first-order valence-corrected chi connectivity index (χ1v) is 9.33. The number of amides is 3. The van der Waals surface area contributed by atoms with Crippen molar-refractivity contribution in [1.82, 2.24) is 4.90 Å². The molecule has 1 heterocycles. The molecule has 2 aliphatic rings. The van der Waals surface area contributed by atoms with Crippen molar-refractivity contribution in [3.05, 3.63) is 59.7 Å². The molecule has 2 atom stereocenters. The van der Waals surface area contributed by atoms with Gasteiger partial charge in [0.05, 0.1) is 6.10 Å². The lowest BCUT2D eigenvalue weighted by atomic mass is 10.1. The standard InChI is InChI=1S/C21H23N3O3/c25-18-12-19(24(13-18)21(27)23-16-7-2-1-3-8-16)20(26)22-17-10-9-14-5-4-6-15(14)11-17/h1-3,7-11,18-19,25H,4-6,12-13H2,(H,22,26)(H,23,27)/t18-,19-/m1/s1. The van der Waals surface area contributed by atoms with E-state index in [1.165, 1.54) is 16.0 Å². The highest BCUT2D eigenvalue weighted by Gasteiger charge is 2.39. The Balaban J connectivity index is 1.45. The van der Waals surface area contributed by atoms with Crippen LogP contribution in [0, 0.1) is 0 Å². The molecular formula is C21H23N3O3. The number of hydrogen-bond donors (Lipinski definition) is 3. The Bertz CT molecular complexity index is 853. The largest absolute Gasteiger partial charge is 0.391 e. The van der Waals surface area contributed by atoms with E-state index >= 15 is 0 Å². The second-order valence-corrected chi connectivity index (χ2v) is 7.18. The molecule has 27 heavy (non-hydrogen) atoms. The molecule has 1 saturated heterocycles. The number of urea groups is 1.